The summed E-state index contributed by atoms with van der Waals surface area (Å²) in [6.45, 7) is 3.33. The fourth-order valence-corrected chi connectivity index (χ4v) is 5.00. The average molecular weight is 560 g/mol. The number of nitrogens with one attached hydrogen (secondary N) is 1. The molecule has 3 rings (SSSR count). The highest BCUT2D eigenvalue weighted by molar-refractivity contribution is 7.92. The van der Waals surface area contributed by atoms with E-state index in [4.69, 9.17) is 11.6 Å². The quantitative estimate of drug-likeness (QED) is 0.379. The van der Waals surface area contributed by atoms with Gasteiger partial charge in [-0.05, 0) is 54.8 Å². The molecule has 0 saturated heterocycles. The third-order valence-corrected chi connectivity index (χ3v) is 7.56. The largest absolute Gasteiger partial charge is 0.355 e. The van der Waals surface area contributed by atoms with E-state index in [-0.39, 0.29) is 24.6 Å². The van der Waals surface area contributed by atoms with Crippen LogP contribution in [0.3, 0.4) is 0 Å². The molecule has 0 aromatic heterocycles. The van der Waals surface area contributed by atoms with E-state index in [2.05, 4.69) is 5.32 Å². The van der Waals surface area contributed by atoms with Gasteiger partial charge in [0.25, 0.3) is 0 Å². The predicted octanol–water partition coefficient (Wildman–Crippen LogP) is 4.33. The van der Waals surface area contributed by atoms with E-state index in [0.717, 1.165) is 21.7 Å². The molecule has 0 aliphatic carbocycles. The Balaban J connectivity index is 2.04. The zero-order valence-electron chi connectivity index (χ0n) is 21.5. The van der Waals surface area contributed by atoms with Gasteiger partial charge in [-0.25, -0.2) is 12.8 Å². The number of hydrogen-bond donors (Lipinski definition) is 1. The minimum absolute atomic E-state index is 0.0278. The molecule has 1 N–H and O–H groups in total. The van der Waals surface area contributed by atoms with Gasteiger partial charge in [-0.3, -0.25) is 13.9 Å². The molecule has 3 aromatic rings. The summed E-state index contributed by atoms with van der Waals surface area (Å²) in [4.78, 5) is 28.5. The van der Waals surface area contributed by atoms with Crippen LogP contribution < -0.4 is 9.62 Å². The Morgan fingerprint density at radius 3 is 2.24 bits per heavy atom. The zero-order chi connectivity index (χ0) is 27.9. The number of hydrogen-bond acceptors (Lipinski definition) is 4. The van der Waals surface area contributed by atoms with Crippen molar-refractivity contribution in [3.63, 3.8) is 0 Å². The van der Waals surface area contributed by atoms with Gasteiger partial charge in [0.05, 0.1) is 11.9 Å². The first-order chi connectivity index (χ1) is 18.0. The molecular weight excluding hydrogens is 529 g/mol. The molecule has 7 nitrogen and oxygen atoms in total. The van der Waals surface area contributed by atoms with Crippen molar-refractivity contribution in [3.05, 3.63) is 100 Å². The van der Waals surface area contributed by atoms with Crippen molar-refractivity contribution >= 4 is 39.1 Å². The van der Waals surface area contributed by atoms with Gasteiger partial charge in [0, 0.05) is 24.5 Å². The fraction of sp³-hybridized carbons (Fsp3) is 0.286. The summed E-state index contributed by atoms with van der Waals surface area (Å²) in [5.41, 5.74) is 2.40. The Morgan fingerprint density at radius 2 is 1.66 bits per heavy atom. The molecule has 0 radical (unpaired) electrons. The minimum Gasteiger partial charge on any atom is -0.355 e. The number of aryl methyl sites for hydroxylation is 1. The lowest BCUT2D eigenvalue weighted by Gasteiger charge is -2.33. The maximum atomic E-state index is 13.9. The molecule has 0 fully saturated rings. The highest BCUT2D eigenvalue weighted by Crippen LogP contribution is 2.25. The molecular formula is C28H31ClFN3O4S. The number of halogens is 2. The number of likely N-dealkylation sites (N-methyl/N-ethyl adjacent to an activating group) is 1. The first kappa shape index (κ1) is 29.1. The van der Waals surface area contributed by atoms with Gasteiger partial charge in [-0.15, -0.1) is 0 Å². The van der Waals surface area contributed by atoms with Crippen LogP contribution in [0, 0.1) is 12.7 Å². The van der Waals surface area contributed by atoms with Crippen molar-refractivity contribution in [2.75, 3.05) is 23.7 Å². The van der Waals surface area contributed by atoms with E-state index in [0.29, 0.717) is 17.1 Å². The summed E-state index contributed by atoms with van der Waals surface area (Å²) in [6, 6.07) is 18.6. The molecule has 10 heteroatoms. The van der Waals surface area contributed by atoms with Crippen LogP contribution in [-0.2, 0) is 32.6 Å². The number of anilines is 1. The number of carbonyl (C=O) groups is 2. The van der Waals surface area contributed by atoms with Gasteiger partial charge in [0.15, 0.2) is 0 Å². The molecule has 0 bridgehead atoms. The number of benzene rings is 3. The molecule has 0 aliphatic heterocycles. The second-order valence-electron chi connectivity index (χ2n) is 8.95. The molecule has 0 aliphatic rings. The van der Waals surface area contributed by atoms with Crippen molar-refractivity contribution in [3.8, 4) is 0 Å². The fourth-order valence-electron chi connectivity index (χ4n) is 3.98. The van der Waals surface area contributed by atoms with Crippen molar-refractivity contribution in [2.45, 2.75) is 32.9 Å². The van der Waals surface area contributed by atoms with Crippen LogP contribution in [0.4, 0.5) is 10.1 Å². The monoisotopic (exact) mass is 559 g/mol. The molecule has 3 aromatic carbocycles. The summed E-state index contributed by atoms with van der Waals surface area (Å²) in [7, 11) is -3.89. The van der Waals surface area contributed by atoms with Crippen LogP contribution in [0.1, 0.15) is 23.6 Å². The van der Waals surface area contributed by atoms with Crippen molar-refractivity contribution in [1.29, 1.82) is 0 Å². The summed E-state index contributed by atoms with van der Waals surface area (Å²) < 4.78 is 40.1. The Hall–Kier alpha value is -3.43. The first-order valence-electron chi connectivity index (χ1n) is 12.1. The van der Waals surface area contributed by atoms with Crippen LogP contribution in [-0.4, -0.2) is 50.5 Å². The van der Waals surface area contributed by atoms with Crippen LogP contribution in [0.25, 0.3) is 0 Å². The van der Waals surface area contributed by atoms with E-state index in [9.17, 15) is 22.4 Å². The summed E-state index contributed by atoms with van der Waals surface area (Å²) in [5, 5.41) is 3.14. The van der Waals surface area contributed by atoms with Gasteiger partial charge in [-0.2, -0.15) is 0 Å². The first-order valence-corrected chi connectivity index (χ1v) is 14.3. The zero-order valence-corrected chi connectivity index (χ0v) is 23.1. The number of carbonyl (C=O) groups excluding carboxylic acids is 2. The number of sulfonamides is 1. The lowest BCUT2D eigenvalue weighted by Crippen LogP contribution is -2.53. The second-order valence-corrected chi connectivity index (χ2v) is 11.3. The maximum absolute atomic E-state index is 13.9. The molecule has 0 spiro atoms. The molecule has 0 saturated carbocycles. The van der Waals surface area contributed by atoms with Crippen molar-refractivity contribution in [1.82, 2.24) is 10.2 Å². The maximum Gasteiger partial charge on any atom is 0.244 e. The topological polar surface area (TPSA) is 86.8 Å². The second kappa shape index (κ2) is 12.9. The molecule has 2 amide bonds. The average Bonchev–Trinajstić information content (AvgIpc) is 2.87. The van der Waals surface area contributed by atoms with E-state index in [1.165, 1.54) is 35.2 Å². The van der Waals surface area contributed by atoms with Crippen molar-refractivity contribution < 1.29 is 22.4 Å². The predicted molar refractivity (Wildman–Crippen MR) is 148 cm³/mol. The van der Waals surface area contributed by atoms with Gasteiger partial charge in [0.2, 0.25) is 21.8 Å². The molecule has 38 heavy (non-hydrogen) atoms. The Morgan fingerprint density at radius 1 is 1.00 bits per heavy atom. The standard InChI is InChI=1S/C28H31ClFN3O4S/c1-4-31-28(35)26(16-21-8-6-5-7-9-21)32(18-22-11-13-23(30)14-12-22)27(34)19-33(38(3,36)37)24-15-10-20(2)25(29)17-24/h5-15,17,26H,4,16,18-19H2,1-3H3,(H,31,35)/t26-/m0/s1. The lowest BCUT2D eigenvalue weighted by molar-refractivity contribution is -0.140. The van der Waals surface area contributed by atoms with E-state index in [1.54, 1.807) is 26.0 Å². The third-order valence-electron chi connectivity index (χ3n) is 6.01. The Bertz CT molecular complexity index is 1370. The highest BCUT2D eigenvalue weighted by Gasteiger charge is 2.33. The van der Waals surface area contributed by atoms with Crippen LogP contribution in [0.2, 0.25) is 5.02 Å². The molecule has 1 atom stereocenters. The van der Waals surface area contributed by atoms with E-state index >= 15 is 0 Å². The highest BCUT2D eigenvalue weighted by atomic mass is 35.5. The van der Waals surface area contributed by atoms with Gasteiger partial charge in [0.1, 0.15) is 18.4 Å². The lowest BCUT2D eigenvalue weighted by atomic mass is 10.0. The normalized spacial score (nSPS) is 12.0. The molecule has 0 heterocycles. The number of amides is 2. The summed E-state index contributed by atoms with van der Waals surface area (Å²) in [5.74, 6) is -1.41. The van der Waals surface area contributed by atoms with Gasteiger partial charge >= 0.3 is 0 Å². The smallest absolute Gasteiger partial charge is 0.244 e. The van der Waals surface area contributed by atoms with E-state index < -0.39 is 34.3 Å². The van der Waals surface area contributed by atoms with Crippen molar-refractivity contribution in [2.24, 2.45) is 0 Å². The Labute approximate surface area is 228 Å². The molecule has 202 valence electrons. The van der Waals surface area contributed by atoms with Gasteiger partial charge in [-0.1, -0.05) is 60.1 Å². The third kappa shape index (κ3) is 7.79. The summed E-state index contributed by atoms with van der Waals surface area (Å²) in [6.07, 6.45) is 1.21. The van der Waals surface area contributed by atoms with Gasteiger partial charge < -0.3 is 10.2 Å². The number of rotatable bonds is 11. The Kier molecular flexibility index (Phi) is 9.88. The van der Waals surface area contributed by atoms with Crippen LogP contribution in [0.5, 0.6) is 0 Å². The SMILES string of the molecule is CCNC(=O)[C@H](Cc1ccccc1)N(Cc1ccc(F)cc1)C(=O)CN(c1ccc(C)c(Cl)c1)S(C)(=O)=O. The van der Waals surface area contributed by atoms with Crippen LogP contribution >= 0.6 is 11.6 Å². The number of nitrogens with zero attached hydrogens (tertiary/aromatic N) is 2. The minimum atomic E-state index is -3.89. The molecule has 0 unspecified atom stereocenters. The van der Waals surface area contributed by atoms with E-state index in [1.807, 2.05) is 30.3 Å². The van der Waals surface area contributed by atoms with Crippen LogP contribution in [0.15, 0.2) is 72.8 Å². The summed E-state index contributed by atoms with van der Waals surface area (Å²) >= 11 is 6.24.